The van der Waals surface area contributed by atoms with Crippen LogP contribution in [0.4, 0.5) is 0 Å². The number of carbonyl (C=O) groups excluding carboxylic acids is 10. The Bertz CT molecular complexity index is 2770. The van der Waals surface area contributed by atoms with E-state index in [0.29, 0.717) is 106 Å². The molecule has 0 unspecified atom stereocenters. The Hall–Kier alpha value is -6.27. The number of halogens is 1. The lowest BCUT2D eigenvalue weighted by atomic mass is 9.81. The summed E-state index contributed by atoms with van der Waals surface area (Å²) in [5, 5.41) is 9.05. The molecule has 0 radical (unpaired) electrons. The van der Waals surface area contributed by atoms with Gasteiger partial charge in [-0.15, -0.1) is 12.4 Å². The van der Waals surface area contributed by atoms with Gasteiger partial charge in [-0.2, -0.15) is 0 Å². The second-order valence-corrected chi connectivity index (χ2v) is 23.0. The molecule has 436 valence electrons. The number of Topliss-reactive ketones (excluding diaryl/α,β-unsaturated/α-hetero) is 5. The average molecular weight is 1130 g/mol. The van der Waals surface area contributed by atoms with Crippen molar-refractivity contribution in [1.29, 1.82) is 0 Å². The molecule has 9 aliphatic rings. The monoisotopic (exact) mass is 1130 g/mol. The van der Waals surface area contributed by atoms with E-state index in [1.165, 1.54) is 75.1 Å². The van der Waals surface area contributed by atoms with E-state index in [-0.39, 0.29) is 91.8 Å². The molecule has 17 nitrogen and oxygen atoms in total. The number of nitrogens with one attached hydrogen (secondary N) is 3. The molecule has 3 aromatic carbocycles. The minimum Gasteiger partial charge on any atom is -0.333 e. The number of ketones is 5. The summed E-state index contributed by atoms with van der Waals surface area (Å²) < 4.78 is 0. The van der Waals surface area contributed by atoms with E-state index in [4.69, 9.17) is 0 Å². The third-order valence-electron chi connectivity index (χ3n) is 18.3. The SMILES string of the molecule is C.CN.CNC1CCC(c2ccc3c(c2)CN([C@H]2CCC(=O)CC2=O)C3=O)CC1.CNC1CCC(c2ccc3c(c2)CN([C@H]2CCC(=O)CC2=O)C3=O)CC1.Cl.O=C1CCC(c2ccc3c(c2)CN([C@H]2CCC(=O)NC2=O)C3=O)CC1. The molecule has 3 atom stereocenters. The number of nitrogens with two attached hydrogens (primary N) is 1. The van der Waals surface area contributed by atoms with Crippen molar-refractivity contribution < 1.29 is 47.9 Å². The number of hydrogen-bond donors (Lipinski definition) is 4. The van der Waals surface area contributed by atoms with Gasteiger partial charge in [-0.3, -0.25) is 53.3 Å². The molecule has 1 saturated heterocycles. The van der Waals surface area contributed by atoms with Crippen molar-refractivity contribution in [3.63, 3.8) is 0 Å². The lowest BCUT2D eigenvalue weighted by Gasteiger charge is -2.29. The zero-order chi connectivity index (χ0) is 56.1. The second kappa shape index (κ2) is 27.7. The van der Waals surface area contributed by atoms with Crippen LogP contribution < -0.4 is 21.7 Å². The highest BCUT2D eigenvalue weighted by molar-refractivity contribution is 6.09. The summed E-state index contributed by atoms with van der Waals surface area (Å²) >= 11 is 0. The molecule has 4 aliphatic heterocycles. The summed E-state index contributed by atoms with van der Waals surface area (Å²) in [6.07, 6.45) is 14.8. The van der Waals surface area contributed by atoms with Gasteiger partial charge in [0.25, 0.3) is 17.7 Å². The van der Waals surface area contributed by atoms with E-state index < -0.39 is 18.1 Å². The molecule has 4 heterocycles. The van der Waals surface area contributed by atoms with Crippen LogP contribution in [-0.4, -0.2) is 125 Å². The quantitative estimate of drug-likeness (QED) is 0.127. The molecule has 3 aromatic rings. The third kappa shape index (κ3) is 13.8. The highest BCUT2D eigenvalue weighted by atomic mass is 35.5. The number of carbonyl (C=O) groups is 10. The average Bonchev–Trinajstić information content (AvgIpc) is 4.27. The maximum absolute atomic E-state index is 12.8. The first kappa shape index (κ1) is 62.3. The van der Waals surface area contributed by atoms with Crippen LogP contribution in [0.3, 0.4) is 0 Å². The van der Waals surface area contributed by atoms with Crippen molar-refractivity contribution in [3.8, 4) is 0 Å². The molecule has 0 bridgehead atoms. The Morgan fingerprint density at radius 1 is 0.432 bits per heavy atom. The van der Waals surface area contributed by atoms with E-state index >= 15 is 0 Å². The van der Waals surface area contributed by atoms with Gasteiger partial charge in [0.1, 0.15) is 23.4 Å². The topological polar surface area (TPSA) is 243 Å². The summed E-state index contributed by atoms with van der Waals surface area (Å²) in [5.41, 5.74) is 13.4. The van der Waals surface area contributed by atoms with Gasteiger partial charge in [-0.25, -0.2) is 0 Å². The van der Waals surface area contributed by atoms with E-state index in [1.807, 2.05) is 38.4 Å². The summed E-state index contributed by atoms with van der Waals surface area (Å²) in [4.78, 5) is 125. The molecule has 5 amide bonds. The molecule has 12 rings (SSSR count). The van der Waals surface area contributed by atoms with Crippen LogP contribution in [0, 0.1) is 0 Å². The summed E-state index contributed by atoms with van der Waals surface area (Å²) in [7, 11) is 5.56. The Morgan fingerprint density at radius 2 is 0.765 bits per heavy atom. The van der Waals surface area contributed by atoms with E-state index in [1.54, 1.807) is 14.7 Å². The molecule has 5 saturated carbocycles. The van der Waals surface area contributed by atoms with Crippen LogP contribution in [0.1, 0.15) is 218 Å². The van der Waals surface area contributed by atoms with Crippen molar-refractivity contribution in [2.75, 3.05) is 21.1 Å². The lowest BCUT2D eigenvalue weighted by Crippen LogP contribution is -2.52. The highest BCUT2D eigenvalue weighted by Crippen LogP contribution is 2.40. The van der Waals surface area contributed by atoms with Crippen LogP contribution >= 0.6 is 12.4 Å². The van der Waals surface area contributed by atoms with Crippen LogP contribution in [0.15, 0.2) is 54.6 Å². The number of imide groups is 1. The summed E-state index contributed by atoms with van der Waals surface area (Å²) in [5.74, 6) is 0.672. The number of amides is 5. The molecule has 18 heteroatoms. The summed E-state index contributed by atoms with van der Waals surface area (Å²) in [6, 6.07) is 18.1. The van der Waals surface area contributed by atoms with Crippen molar-refractivity contribution in [1.82, 2.24) is 30.7 Å². The van der Waals surface area contributed by atoms with E-state index in [0.717, 1.165) is 40.7 Å². The van der Waals surface area contributed by atoms with Crippen LogP contribution in [0.2, 0.25) is 0 Å². The normalized spacial score (nSPS) is 26.4. The zero-order valence-electron chi connectivity index (χ0n) is 46.5. The Balaban J connectivity index is 0.000000170. The Labute approximate surface area is 482 Å². The molecule has 5 aliphatic carbocycles. The number of piperidine rings is 1. The molecule has 81 heavy (non-hydrogen) atoms. The molecule has 0 spiro atoms. The van der Waals surface area contributed by atoms with Gasteiger partial charge < -0.3 is 31.1 Å². The predicted octanol–water partition coefficient (Wildman–Crippen LogP) is 7.46. The molecule has 6 fully saturated rings. The number of benzene rings is 3. The number of rotatable bonds is 8. The van der Waals surface area contributed by atoms with Gasteiger partial charge in [0, 0.05) is 80.5 Å². The van der Waals surface area contributed by atoms with Crippen molar-refractivity contribution in [3.05, 3.63) is 105 Å². The van der Waals surface area contributed by atoms with Gasteiger partial charge in [0.15, 0.2) is 11.6 Å². The van der Waals surface area contributed by atoms with Gasteiger partial charge >= 0.3 is 0 Å². The molecule has 0 aromatic heterocycles. The minimum atomic E-state index is -0.576. The fraction of sp³-hybridized carbons (Fsp3) is 0.556. The zero-order valence-corrected chi connectivity index (χ0v) is 47.3. The van der Waals surface area contributed by atoms with Gasteiger partial charge in [0.2, 0.25) is 11.8 Å². The lowest BCUT2D eigenvalue weighted by molar-refractivity contribution is -0.137. The minimum absolute atomic E-state index is 0. The van der Waals surface area contributed by atoms with Crippen molar-refractivity contribution >= 4 is 70.9 Å². The van der Waals surface area contributed by atoms with Gasteiger partial charge in [-0.05, 0) is 174 Å². The fourth-order valence-electron chi connectivity index (χ4n) is 13.7. The smallest absolute Gasteiger partial charge is 0.255 e. The molecule has 5 N–H and O–H groups in total. The van der Waals surface area contributed by atoms with Crippen molar-refractivity contribution in [2.45, 2.75) is 203 Å². The largest absolute Gasteiger partial charge is 0.333 e. The first-order chi connectivity index (χ1) is 38.2. The second-order valence-electron chi connectivity index (χ2n) is 23.0. The van der Waals surface area contributed by atoms with E-state index in [2.05, 4.69) is 52.0 Å². The fourth-order valence-corrected chi connectivity index (χ4v) is 13.7. The van der Waals surface area contributed by atoms with Crippen LogP contribution in [-0.2, 0) is 53.2 Å². The maximum atomic E-state index is 12.8. The number of hydrogen-bond acceptors (Lipinski definition) is 13. The summed E-state index contributed by atoms with van der Waals surface area (Å²) in [6.45, 7) is 1.40. The predicted molar refractivity (Wildman–Crippen MR) is 309 cm³/mol. The molecular formula is C63H82ClN7O10. The number of nitrogens with zero attached hydrogens (tertiary/aromatic N) is 3. The standard InChI is InChI=1S/2C21H26N2O3.C19H20N2O4.CH5N.CH4.ClH/c2*1-22-16-5-2-13(3-6-16)14-4-8-18-15(10-14)12-23(21(18)26)19-9-7-17(24)11-20(19)25;22-14-4-1-11(2-5-14)12-3-6-15-13(9-12)10-21(19(15)25)16-7-8-17(23)20-18(16)24;1-2;;/h2*4,8,10,13,16,19,22H,2-3,5-7,9,11-12H2,1H3;3,6,9,11,16H,1-2,4-5,7-8,10H2,(H,20,23,24);2H2,1H3;1H4;1H/t2*13?,16?,19-;16-;;;/m000.../s1. The van der Waals surface area contributed by atoms with E-state index in [9.17, 15) is 47.9 Å². The third-order valence-corrected chi connectivity index (χ3v) is 18.3. The molecular weight excluding hydrogens is 1050 g/mol. The Morgan fingerprint density at radius 3 is 1.11 bits per heavy atom. The van der Waals surface area contributed by atoms with Gasteiger partial charge in [-0.1, -0.05) is 43.8 Å². The number of fused-ring (bicyclic) bond motifs is 3. The maximum Gasteiger partial charge on any atom is 0.255 e. The highest BCUT2D eigenvalue weighted by Gasteiger charge is 2.42. The Kier molecular flexibility index (Phi) is 21.3. The van der Waals surface area contributed by atoms with Crippen LogP contribution in [0.25, 0.3) is 0 Å². The first-order valence-electron chi connectivity index (χ1n) is 28.8. The van der Waals surface area contributed by atoms with Crippen LogP contribution in [0.5, 0.6) is 0 Å². The van der Waals surface area contributed by atoms with Gasteiger partial charge in [0.05, 0.1) is 24.9 Å². The first-order valence-corrected chi connectivity index (χ1v) is 28.8. The van der Waals surface area contributed by atoms with Crippen molar-refractivity contribution in [2.24, 2.45) is 5.73 Å².